The van der Waals surface area contributed by atoms with E-state index in [1.807, 2.05) is 0 Å². The van der Waals surface area contributed by atoms with Crippen molar-refractivity contribution in [2.24, 2.45) is 10.3 Å². The number of hydrogen-bond acceptors (Lipinski definition) is 8. The number of non-ortho nitro benzene ring substituents is 2. The Kier molecular flexibility index (Phi) is 6.11. The van der Waals surface area contributed by atoms with E-state index in [1.54, 1.807) is 0 Å². The number of hydrogen-bond donors (Lipinski definition) is 0. The molecule has 2 aromatic carbocycles. The molecule has 0 fully saturated rings. The van der Waals surface area contributed by atoms with Crippen molar-refractivity contribution in [3.8, 4) is 0 Å². The average Bonchev–Trinajstić information content (AvgIpc) is 2.61. The third-order valence-electron chi connectivity index (χ3n) is 2.87. The van der Waals surface area contributed by atoms with Crippen LogP contribution in [0.1, 0.15) is 11.1 Å². The van der Waals surface area contributed by atoms with Crippen molar-refractivity contribution in [2.45, 2.75) is 0 Å². The molecule has 0 bridgehead atoms. The van der Waals surface area contributed by atoms with Crippen molar-refractivity contribution in [1.82, 2.24) is 0 Å². The molecule has 128 valence electrons. The van der Waals surface area contributed by atoms with E-state index in [4.69, 9.17) is 9.68 Å². The Morgan fingerprint density at radius 3 is 1.44 bits per heavy atom. The summed E-state index contributed by atoms with van der Waals surface area (Å²) in [5.41, 5.74) is 1.23. The summed E-state index contributed by atoms with van der Waals surface area (Å²) in [7, 11) is 0. The monoisotopic (exact) mass is 344 g/mol. The molecule has 0 aliphatic heterocycles. The van der Waals surface area contributed by atoms with Crippen LogP contribution < -0.4 is 0 Å². The molecule has 0 aromatic heterocycles. The molecule has 0 N–H and O–H groups in total. The van der Waals surface area contributed by atoms with Gasteiger partial charge in [0.15, 0.2) is 0 Å². The summed E-state index contributed by atoms with van der Waals surface area (Å²) in [6, 6.07) is 11.5. The maximum absolute atomic E-state index is 10.5. The van der Waals surface area contributed by atoms with Crippen LogP contribution in [-0.4, -0.2) is 29.1 Å². The minimum Gasteiger partial charge on any atom is -0.352 e. The first-order chi connectivity index (χ1) is 12.1. The molecule has 2 aromatic rings. The Hall–Kier alpha value is -3.82. The summed E-state index contributed by atoms with van der Waals surface area (Å²) in [4.78, 5) is 29.7. The smallest absolute Gasteiger partial charge is 0.280 e. The molecule has 0 aliphatic carbocycles. The van der Waals surface area contributed by atoms with Crippen molar-refractivity contribution in [3.05, 3.63) is 79.9 Å². The fourth-order valence-electron chi connectivity index (χ4n) is 1.64. The zero-order valence-corrected chi connectivity index (χ0v) is 12.7. The van der Waals surface area contributed by atoms with Crippen LogP contribution in [0, 0.1) is 20.2 Å². The fourth-order valence-corrected chi connectivity index (χ4v) is 1.64. The molecule has 0 radical (unpaired) electrons. The Morgan fingerprint density at radius 1 is 0.760 bits per heavy atom. The van der Waals surface area contributed by atoms with Crippen molar-refractivity contribution in [3.63, 3.8) is 0 Å². The van der Waals surface area contributed by atoms with Crippen molar-refractivity contribution in [2.75, 3.05) is 6.79 Å². The minimum absolute atomic E-state index is 0.0121. The first-order valence-electron chi connectivity index (χ1n) is 6.86. The molecule has 0 heterocycles. The fraction of sp³-hybridized carbons (Fsp3) is 0.0667. The van der Waals surface area contributed by atoms with Crippen LogP contribution in [0.15, 0.2) is 58.8 Å². The van der Waals surface area contributed by atoms with E-state index in [0.29, 0.717) is 11.1 Å². The van der Waals surface area contributed by atoms with Gasteiger partial charge in [0.05, 0.1) is 22.3 Å². The van der Waals surface area contributed by atoms with E-state index in [0.717, 1.165) is 0 Å². The average molecular weight is 344 g/mol. The highest BCUT2D eigenvalue weighted by Gasteiger charge is 2.03. The molecule has 0 spiro atoms. The zero-order valence-electron chi connectivity index (χ0n) is 12.7. The van der Waals surface area contributed by atoms with Crippen LogP contribution in [0.2, 0.25) is 0 Å². The second-order valence-corrected chi connectivity index (χ2v) is 4.54. The highest BCUT2D eigenvalue weighted by Crippen LogP contribution is 2.11. The predicted molar refractivity (Wildman–Crippen MR) is 88.4 cm³/mol. The summed E-state index contributed by atoms with van der Waals surface area (Å²) < 4.78 is 0. The standard InChI is InChI=1S/C15H12N4O6/c20-18(21)14-5-1-12(2-6-14)9-16-24-11-25-17-10-13-3-7-15(8-4-13)19(22)23/h1-10H,11H2/b16-9+,17-10+. The molecule has 2 rings (SSSR count). The molecule has 10 heteroatoms. The highest BCUT2D eigenvalue weighted by molar-refractivity contribution is 5.79. The number of nitro benzene ring substituents is 2. The largest absolute Gasteiger partial charge is 0.352 e. The van der Waals surface area contributed by atoms with Gasteiger partial charge in [-0.1, -0.05) is 10.3 Å². The Balaban J connectivity index is 1.71. The van der Waals surface area contributed by atoms with E-state index < -0.39 is 9.85 Å². The number of oxime groups is 2. The molecular formula is C15H12N4O6. The third kappa shape index (κ3) is 5.71. The maximum atomic E-state index is 10.5. The lowest BCUT2D eigenvalue weighted by molar-refractivity contribution is -0.385. The van der Waals surface area contributed by atoms with E-state index >= 15 is 0 Å². The van der Waals surface area contributed by atoms with Gasteiger partial charge in [0.25, 0.3) is 18.2 Å². The first-order valence-corrected chi connectivity index (χ1v) is 6.86. The van der Waals surface area contributed by atoms with E-state index in [2.05, 4.69) is 10.3 Å². The van der Waals surface area contributed by atoms with Crippen LogP contribution in [-0.2, 0) is 9.68 Å². The van der Waals surface area contributed by atoms with Gasteiger partial charge in [-0.3, -0.25) is 20.2 Å². The van der Waals surface area contributed by atoms with Crippen LogP contribution >= 0.6 is 0 Å². The lowest BCUT2D eigenvalue weighted by Gasteiger charge is -1.97. The lowest BCUT2D eigenvalue weighted by atomic mass is 10.2. The zero-order chi connectivity index (χ0) is 18.1. The first kappa shape index (κ1) is 17.5. The molecule has 0 aliphatic rings. The van der Waals surface area contributed by atoms with Gasteiger partial charge >= 0.3 is 0 Å². The SMILES string of the molecule is O=[N+]([O-])c1ccc(/C=N/OCO/N=C/c2ccc([N+](=O)[O-])cc2)cc1. The third-order valence-corrected chi connectivity index (χ3v) is 2.87. The number of nitrogens with zero attached hydrogens (tertiary/aromatic N) is 4. The second-order valence-electron chi connectivity index (χ2n) is 4.54. The van der Waals surface area contributed by atoms with Crippen LogP contribution in [0.3, 0.4) is 0 Å². The van der Waals surface area contributed by atoms with Gasteiger partial charge in [-0.2, -0.15) is 0 Å². The van der Waals surface area contributed by atoms with Gasteiger partial charge in [0.2, 0.25) is 0 Å². The lowest BCUT2D eigenvalue weighted by Crippen LogP contribution is -1.93. The predicted octanol–water partition coefficient (Wildman–Crippen LogP) is 2.86. The Bertz CT molecular complexity index is 719. The number of nitro groups is 2. The number of benzene rings is 2. The quantitative estimate of drug-likeness (QED) is 0.238. The minimum atomic E-state index is -0.492. The van der Waals surface area contributed by atoms with Gasteiger partial charge in [-0.15, -0.1) is 0 Å². The van der Waals surface area contributed by atoms with Crippen LogP contribution in [0.4, 0.5) is 11.4 Å². The summed E-state index contributed by atoms with van der Waals surface area (Å²) in [6.45, 7) is -0.243. The summed E-state index contributed by atoms with van der Waals surface area (Å²) >= 11 is 0. The van der Waals surface area contributed by atoms with Crippen molar-refractivity contribution < 1.29 is 19.5 Å². The van der Waals surface area contributed by atoms with Gasteiger partial charge in [-0.25, -0.2) is 0 Å². The molecule has 0 unspecified atom stereocenters. The summed E-state index contributed by atoms with van der Waals surface area (Å²) in [5.74, 6) is 0. The molecule has 0 atom stereocenters. The van der Waals surface area contributed by atoms with Crippen LogP contribution in [0.25, 0.3) is 0 Å². The number of rotatable bonds is 8. The second kappa shape index (κ2) is 8.72. The van der Waals surface area contributed by atoms with Crippen LogP contribution in [0.5, 0.6) is 0 Å². The topological polar surface area (TPSA) is 129 Å². The molecule has 25 heavy (non-hydrogen) atoms. The van der Waals surface area contributed by atoms with Crippen molar-refractivity contribution >= 4 is 23.8 Å². The summed E-state index contributed by atoms with van der Waals surface area (Å²) in [5, 5.41) is 28.3. The van der Waals surface area contributed by atoms with E-state index in [9.17, 15) is 20.2 Å². The van der Waals surface area contributed by atoms with E-state index in [-0.39, 0.29) is 18.2 Å². The maximum Gasteiger partial charge on any atom is 0.280 e. The highest BCUT2D eigenvalue weighted by atomic mass is 16.8. The Morgan fingerprint density at radius 2 is 1.12 bits per heavy atom. The molecule has 0 saturated heterocycles. The normalized spacial score (nSPS) is 10.9. The molecular weight excluding hydrogens is 332 g/mol. The van der Waals surface area contributed by atoms with Gasteiger partial charge < -0.3 is 9.68 Å². The molecule has 0 amide bonds. The van der Waals surface area contributed by atoms with Gasteiger partial charge in [0, 0.05) is 24.3 Å². The summed E-state index contributed by atoms with van der Waals surface area (Å²) in [6.07, 6.45) is 2.74. The molecule has 0 saturated carbocycles. The van der Waals surface area contributed by atoms with Gasteiger partial charge in [-0.05, 0) is 35.4 Å². The van der Waals surface area contributed by atoms with E-state index in [1.165, 1.54) is 61.0 Å². The molecule has 10 nitrogen and oxygen atoms in total. The Labute approximate surface area is 141 Å². The van der Waals surface area contributed by atoms with Gasteiger partial charge in [0.1, 0.15) is 0 Å². The van der Waals surface area contributed by atoms with Crippen molar-refractivity contribution in [1.29, 1.82) is 0 Å².